The number of aliphatic carboxylic acids is 1. The highest BCUT2D eigenvalue weighted by molar-refractivity contribution is 5.86. The number of carbonyl (C=O) groups excluding carboxylic acids is 1. The van der Waals surface area contributed by atoms with E-state index in [1.807, 2.05) is 60.7 Å². The summed E-state index contributed by atoms with van der Waals surface area (Å²) in [6.07, 6.45) is 1.71. The van der Waals surface area contributed by atoms with E-state index in [-0.39, 0.29) is 6.42 Å². The molecule has 0 aliphatic rings. The average Bonchev–Trinajstić information content (AvgIpc) is 3.12. The van der Waals surface area contributed by atoms with Gasteiger partial charge >= 0.3 is 12.0 Å². The summed E-state index contributed by atoms with van der Waals surface area (Å²) in [6.45, 7) is 0. The van der Waals surface area contributed by atoms with Crippen LogP contribution in [0.1, 0.15) is 5.56 Å². The van der Waals surface area contributed by atoms with Crippen molar-refractivity contribution in [2.75, 3.05) is 0 Å². The monoisotopic (exact) mass is 335 g/mol. The van der Waals surface area contributed by atoms with E-state index in [4.69, 9.17) is 0 Å². The van der Waals surface area contributed by atoms with Crippen LogP contribution in [0.5, 0.6) is 0 Å². The highest BCUT2D eigenvalue weighted by Crippen LogP contribution is 2.18. The van der Waals surface area contributed by atoms with Crippen molar-refractivity contribution in [3.63, 3.8) is 0 Å². The van der Waals surface area contributed by atoms with Crippen LogP contribution in [-0.4, -0.2) is 32.9 Å². The first-order valence-corrected chi connectivity index (χ1v) is 7.82. The second kappa shape index (κ2) is 7.44. The van der Waals surface area contributed by atoms with Gasteiger partial charge in [0.1, 0.15) is 6.04 Å². The lowest BCUT2D eigenvalue weighted by atomic mass is 10.1. The normalized spacial score (nSPS) is 11.7. The molecule has 0 saturated carbocycles. The van der Waals surface area contributed by atoms with E-state index < -0.39 is 18.0 Å². The lowest BCUT2D eigenvalue weighted by molar-refractivity contribution is -0.139. The van der Waals surface area contributed by atoms with E-state index in [9.17, 15) is 14.7 Å². The lowest BCUT2D eigenvalue weighted by Crippen LogP contribution is -2.44. The highest BCUT2D eigenvalue weighted by Gasteiger charge is 2.22. The molecule has 0 radical (unpaired) electrons. The Kier molecular flexibility index (Phi) is 4.89. The number of hydrogen-bond acceptors (Lipinski definition) is 3. The van der Waals surface area contributed by atoms with E-state index in [0.29, 0.717) is 5.69 Å². The molecule has 2 aromatic carbocycles. The standard InChI is InChI=1S/C19H17N3O3/c23-18(24)16(13-14-7-3-1-4-8-14)21-19(25)22-17(11-12-20-22)15-9-5-2-6-10-15/h1-12,16H,13H2,(H,21,25)(H,23,24). The predicted molar refractivity (Wildman–Crippen MR) is 93.2 cm³/mol. The van der Waals surface area contributed by atoms with Gasteiger partial charge in [0.25, 0.3) is 0 Å². The molecule has 0 saturated heterocycles. The van der Waals surface area contributed by atoms with E-state index >= 15 is 0 Å². The van der Waals surface area contributed by atoms with Crippen molar-refractivity contribution < 1.29 is 14.7 Å². The Morgan fingerprint density at radius 2 is 1.64 bits per heavy atom. The largest absolute Gasteiger partial charge is 0.480 e. The maximum atomic E-state index is 12.5. The van der Waals surface area contributed by atoms with Crippen molar-refractivity contribution in [1.82, 2.24) is 15.1 Å². The minimum absolute atomic E-state index is 0.198. The molecule has 1 amide bonds. The van der Waals surface area contributed by atoms with Crippen molar-refractivity contribution in [3.05, 3.63) is 78.5 Å². The molecule has 3 aromatic rings. The topological polar surface area (TPSA) is 84.2 Å². The Morgan fingerprint density at radius 3 is 2.28 bits per heavy atom. The van der Waals surface area contributed by atoms with Gasteiger partial charge in [-0.05, 0) is 11.6 Å². The predicted octanol–water partition coefficient (Wildman–Crippen LogP) is 2.80. The fraction of sp³-hybridized carbons (Fsp3) is 0.105. The average molecular weight is 335 g/mol. The Balaban J connectivity index is 1.79. The quantitative estimate of drug-likeness (QED) is 0.751. The van der Waals surface area contributed by atoms with Gasteiger partial charge in [-0.2, -0.15) is 9.78 Å². The second-order valence-corrected chi connectivity index (χ2v) is 5.52. The number of nitrogens with one attached hydrogen (secondary N) is 1. The Morgan fingerprint density at radius 1 is 1.00 bits per heavy atom. The summed E-state index contributed by atoms with van der Waals surface area (Å²) in [7, 11) is 0. The maximum Gasteiger partial charge on any atom is 0.343 e. The molecule has 1 heterocycles. The number of carboxylic acids is 1. The molecule has 1 aromatic heterocycles. The SMILES string of the molecule is O=C(O)C(Cc1ccccc1)NC(=O)n1nccc1-c1ccccc1. The molecule has 0 aliphatic carbocycles. The number of rotatable bonds is 5. The molecule has 0 fully saturated rings. The first-order valence-electron chi connectivity index (χ1n) is 7.82. The zero-order valence-electron chi connectivity index (χ0n) is 13.4. The second-order valence-electron chi connectivity index (χ2n) is 5.52. The molecule has 1 atom stereocenters. The minimum Gasteiger partial charge on any atom is -0.480 e. The lowest BCUT2D eigenvalue weighted by Gasteiger charge is -2.15. The van der Waals surface area contributed by atoms with E-state index in [2.05, 4.69) is 10.4 Å². The molecular weight excluding hydrogens is 318 g/mol. The summed E-state index contributed by atoms with van der Waals surface area (Å²) < 4.78 is 1.18. The Bertz CT molecular complexity index is 860. The molecule has 1 unspecified atom stereocenters. The molecule has 126 valence electrons. The van der Waals surface area contributed by atoms with Gasteiger partial charge in [-0.1, -0.05) is 60.7 Å². The fourth-order valence-electron chi connectivity index (χ4n) is 2.55. The van der Waals surface area contributed by atoms with Crippen molar-refractivity contribution >= 4 is 12.0 Å². The van der Waals surface area contributed by atoms with E-state index in [1.54, 1.807) is 6.07 Å². The summed E-state index contributed by atoms with van der Waals surface area (Å²) >= 11 is 0. The van der Waals surface area contributed by atoms with Crippen LogP contribution in [0, 0.1) is 0 Å². The molecule has 2 N–H and O–H groups in total. The number of carbonyl (C=O) groups is 2. The van der Waals surface area contributed by atoms with Crippen molar-refractivity contribution in [1.29, 1.82) is 0 Å². The molecule has 3 rings (SSSR count). The first kappa shape index (κ1) is 16.4. The summed E-state index contributed by atoms with van der Waals surface area (Å²) in [4.78, 5) is 24.1. The molecule has 0 bridgehead atoms. The van der Waals surface area contributed by atoms with Gasteiger partial charge in [-0.3, -0.25) is 0 Å². The van der Waals surface area contributed by atoms with Gasteiger partial charge < -0.3 is 10.4 Å². The van der Waals surface area contributed by atoms with Crippen molar-refractivity contribution in [2.45, 2.75) is 12.5 Å². The van der Waals surface area contributed by atoms with E-state index in [1.165, 1.54) is 10.9 Å². The number of carboxylic acid groups (broad SMARTS) is 1. The zero-order chi connectivity index (χ0) is 17.6. The number of nitrogens with zero attached hydrogens (tertiary/aromatic N) is 2. The van der Waals surface area contributed by atoms with Gasteiger partial charge in [0.2, 0.25) is 0 Å². The first-order chi connectivity index (χ1) is 12.1. The molecule has 0 spiro atoms. The van der Waals surface area contributed by atoms with Crippen LogP contribution in [0.3, 0.4) is 0 Å². The van der Waals surface area contributed by atoms with Crippen LogP contribution in [0.25, 0.3) is 11.3 Å². The molecule has 0 aliphatic heterocycles. The van der Waals surface area contributed by atoms with Gasteiger partial charge in [-0.25, -0.2) is 9.59 Å². The third-order valence-corrected chi connectivity index (χ3v) is 3.78. The summed E-state index contributed by atoms with van der Waals surface area (Å²) in [5, 5.41) is 16.0. The van der Waals surface area contributed by atoms with Crippen LogP contribution in [0.2, 0.25) is 0 Å². The molecule has 25 heavy (non-hydrogen) atoms. The Hall–Kier alpha value is -3.41. The van der Waals surface area contributed by atoms with Gasteiger partial charge in [0, 0.05) is 12.0 Å². The molecule has 6 heteroatoms. The van der Waals surface area contributed by atoms with Gasteiger partial charge in [0.05, 0.1) is 11.9 Å². The minimum atomic E-state index is -1.09. The fourth-order valence-corrected chi connectivity index (χ4v) is 2.55. The number of hydrogen-bond donors (Lipinski definition) is 2. The zero-order valence-corrected chi connectivity index (χ0v) is 13.4. The van der Waals surface area contributed by atoms with Gasteiger partial charge in [-0.15, -0.1) is 0 Å². The van der Waals surface area contributed by atoms with Gasteiger partial charge in [0.15, 0.2) is 0 Å². The van der Waals surface area contributed by atoms with Crippen LogP contribution >= 0.6 is 0 Å². The highest BCUT2D eigenvalue weighted by atomic mass is 16.4. The third kappa shape index (κ3) is 3.92. The number of benzene rings is 2. The summed E-state index contributed by atoms with van der Waals surface area (Å²) in [6, 6.07) is 18.6. The van der Waals surface area contributed by atoms with Crippen LogP contribution in [-0.2, 0) is 11.2 Å². The maximum absolute atomic E-state index is 12.5. The Labute approximate surface area is 144 Å². The summed E-state index contributed by atoms with van der Waals surface area (Å²) in [5.41, 5.74) is 2.26. The smallest absolute Gasteiger partial charge is 0.343 e. The van der Waals surface area contributed by atoms with Crippen LogP contribution in [0.15, 0.2) is 72.9 Å². The van der Waals surface area contributed by atoms with Crippen molar-refractivity contribution in [3.8, 4) is 11.3 Å². The number of aromatic nitrogens is 2. The molecule has 6 nitrogen and oxygen atoms in total. The van der Waals surface area contributed by atoms with Crippen molar-refractivity contribution in [2.24, 2.45) is 0 Å². The van der Waals surface area contributed by atoms with Crippen LogP contribution < -0.4 is 5.32 Å². The number of amides is 1. The van der Waals surface area contributed by atoms with Crippen LogP contribution in [0.4, 0.5) is 4.79 Å². The summed E-state index contributed by atoms with van der Waals surface area (Å²) in [5.74, 6) is -1.09. The van der Waals surface area contributed by atoms with E-state index in [0.717, 1.165) is 11.1 Å². The third-order valence-electron chi connectivity index (χ3n) is 3.78. The molecular formula is C19H17N3O3.